The molecule has 1 aromatic rings. The summed E-state index contributed by atoms with van der Waals surface area (Å²) in [5.41, 5.74) is 2.66. The number of aromatic nitrogens is 2. The van der Waals surface area contributed by atoms with Crippen LogP contribution in [0.1, 0.15) is 45.0 Å². The Labute approximate surface area is 104 Å². The molecule has 2 nitrogen and oxygen atoms in total. The summed E-state index contributed by atoms with van der Waals surface area (Å²) < 4.78 is 2.10. The monoisotopic (exact) mass is 242 g/mol. The van der Waals surface area contributed by atoms with Crippen LogP contribution in [-0.4, -0.2) is 15.7 Å². The van der Waals surface area contributed by atoms with Gasteiger partial charge in [-0.15, -0.1) is 11.6 Å². The van der Waals surface area contributed by atoms with Gasteiger partial charge in [0, 0.05) is 18.1 Å². The summed E-state index contributed by atoms with van der Waals surface area (Å²) in [4.78, 5) is 0. The number of halogens is 1. The van der Waals surface area contributed by atoms with E-state index in [0.29, 0.717) is 0 Å². The molecule has 0 aliphatic rings. The van der Waals surface area contributed by atoms with Crippen LogP contribution in [0, 0.1) is 12.3 Å². The first-order chi connectivity index (χ1) is 7.60. The van der Waals surface area contributed by atoms with Crippen LogP contribution in [0.25, 0.3) is 0 Å². The molecule has 92 valence electrons. The largest absolute Gasteiger partial charge is 0.270 e. The molecule has 1 rings (SSSR count). The predicted molar refractivity (Wildman–Crippen MR) is 70.1 cm³/mol. The molecule has 0 radical (unpaired) electrons. The fourth-order valence-electron chi connectivity index (χ4n) is 2.14. The third-order valence-electron chi connectivity index (χ3n) is 3.62. The van der Waals surface area contributed by atoms with Gasteiger partial charge in [0.05, 0.1) is 5.69 Å². The Bertz CT molecular complexity index is 318. The van der Waals surface area contributed by atoms with E-state index in [1.807, 2.05) is 0 Å². The van der Waals surface area contributed by atoms with Gasteiger partial charge in [0.2, 0.25) is 0 Å². The van der Waals surface area contributed by atoms with Gasteiger partial charge in [-0.2, -0.15) is 5.10 Å². The quantitative estimate of drug-likeness (QED) is 0.694. The van der Waals surface area contributed by atoms with E-state index in [1.54, 1.807) is 0 Å². The first-order valence-corrected chi connectivity index (χ1v) is 6.73. The molecule has 0 N–H and O–H groups in total. The number of hydrogen-bond acceptors (Lipinski definition) is 1. The molecule has 0 unspecified atom stereocenters. The number of rotatable bonds is 6. The van der Waals surface area contributed by atoms with Crippen molar-refractivity contribution in [2.75, 3.05) is 5.88 Å². The SMILES string of the molecule is CCn1nc(C)cc1CC(CC)(CC)CCl. The maximum Gasteiger partial charge on any atom is 0.0596 e. The van der Waals surface area contributed by atoms with Gasteiger partial charge >= 0.3 is 0 Å². The Hall–Kier alpha value is -0.500. The second-order valence-corrected chi connectivity index (χ2v) is 4.88. The maximum atomic E-state index is 6.15. The maximum absolute atomic E-state index is 6.15. The average molecular weight is 243 g/mol. The van der Waals surface area contributed by atoms with Gasteiger partial charge in [-0.05, 0) is 44.6 Å². The topological polar surface area (TPSA) is 17.8 Å². The summed E-state index contributed by atoms with van der Waals surface area (Å²) in [6.07, 6.45) is 3.29. The third kappa shape index (κ3) is 2.79. The van der Waals surface area contributed by atoms with Gasteiger partial charge in [0.25, 0.3) is 0 Å². The van der Waals surface area contributed by atoms with Crippen LogP contribution in [0.5, 0.6) is 0 Å². The highest BCUT2D eigenvalue weighted by atomic mass is 35.5. The lowest BCUT2D eigenvalue weighted by molar-refractivity contribution is 0.293. The molecule has 0 fully saturated rings. The first kappa shape index (κ1) is 13.6. The van der Waals surface area contributed by atoms with E-state index in [2.05, 4.69) is 43.5 Å². The molecule has 0 saturated heterocycles. The second-order valence-electron chi connectivity index (χ2n) is 4.61. The molecule has 0 aliphatic carbocycles. The van der Waals surface area contributed by atoms with Gasteiger partial charge in [-0.25, -0.2) is 0 Å². The van der Waals surface area contributed by atoms with Crippen molar-refractivity contribution in [1.29, 1.82) is 0 Å². The molecule has 0 atom stereocenters. The Morgan fingerprint density at radius 2 is 1.94 bits per heavy atom. The lowest BCUT2D eigenvalue weighted by Gasteiger charge is -2.29. The minimum absolute atomic E-state index is 0.237. The van der Waals surface area contributed by atoms with Crippen LogP contribution in [-0.2, 0) is 13.0 Å². The molecule has 0 aliphatic heterocycles. The summed E-state index contributed by atoms with van der Waals surface area (Å²) in [6, 6.07) is 2.19. The van der Waals surface area contributed by atoms with Crippen LogP contribution in [0.4, 0.5) is 0 Å². The molecular formula is C13H23ClN2. The Morgan fingerprint density at radius 1 is 1.31 bits per heavy atom. The van der Waals surface area contributed by atoms with Gasteiger partial charge in [0.15, 0.2) is 0 Å². The fourth-order valence-corrected chi connectivity index (χ4v) is 2.61. The summed E-state index contributed by atoms with van der Waals surface area (Å²) in [7, 11) is 0. The van der Waals surface area contributed by atoms with Crippen LogP contribution < -0.4 is 0 Å². The molecule has 3 heteroatoms. The number of nitrogens with zero attached hydrogens (tertiary/aromatic N) is 2. The molecule has 0 aromatic carbocycles. The van der Waals surface area contributed by atoms with E-state index in [9.17, 15) is 0 Å². The molecule has 0 amide bonds. The first-order valence-electron chi connectivity index (χ1n) is 6.20. The van der Waals surface area contributed by atoms with Crippen molar-refractivity contribution in [2.45, 2.75) is 53.5 Å². The van der Waals surface area contributed by atoms with E-state index < -0.39 is 0 Å². The van der Waals surface area contributed by atoms with E-state index >= 15 is 0 Å². The predicted octanol–water partition coefficient (Wildman–Crippen LogP) is 3.80. The zero-order chi connectivity index (χ0) is 12.2. The Balaban J connectivity index is 2.92. The van der Waals surface area contributed by atoms with Crippen molar-refractivity contribution in [3.63, 3.8) is 0 Å². The zero-order valence-corrected chi connectivity index (χ0v) is 11.6. The standard InChI is InChI=1S/C13H23ClN2/c1-5-13(6-2,10-14)9-12-8-11(4)15-16(12)7-3/h8H,5-7,9-10H2,1-4H3. The average Bonchev–Trinajstić information content (AvgIpc) is 2.66. The molecule has 1 aromatic heterocycles. The summed E-state index contributed by atoms with van der Waals surface area (Å²) in [5, 5.41) is 4.49. The van der Waals surface area contributed by atoms with Gasteiger partial charge in [-0.1, -0.05) is 13.8 Å². The Kier molecular flexibility index (Phi) is 4.85. The third-order valence-corrected chi connectivity index (χ3v) is 4.19. The van der Waals surface area contributed by atoms with Gasteiger partial charge in [-0.3, -0.25) is 4.68 Å². The molecule has 0 saturated carbocycles. The van der Waals surface area contributed by atoms with E-state index in [4.69, 9.17) is 11.6 Å². The van der Waals surface area contributed by atoms with Gasteiger partial charge < -0.3 is 0 Å². The van der Waals surface area contributed by atoms with E-state index in [-0.39, 0.29) is 5.41 Å². The Morgan fingerprint density at radius 3 is 2.38 bits per heavy atom. The lowest BCUT2D eigenvalue weighted by atomic mass is 9.80. The minimum atomic E-state index is 0.237. The molecule has 16 heavy (non-hydrogen) atoms. The molecule has 0 bridgehead atoms. The van der Waals surface area contributed by atoms with Crippen LogP contribution >= 0.6 is 11.6 Å². The number of alkyl halides is 1. The normalized spacial score (nSPS) is 12.1. The highest BCUT2D eigenvalue weighted by Gasteiger charge is 2.27. The molecule has 0 spiro atoms. The second kappa shape index (κ2) is 5.72. The minimum Gasteiger partial charge on any atom is -0.270 e. The summed E-state index contributed by atoms with van der Waals surface area (Å²) >= 11 is 6.15. The van der Waals surface area contributed by atoms with E-state index in [0.717, 1.165) is 37.4 Å². The highest BCUT2D eigenvalue weighted by Crippen LogP contribution is 2.32. The van der Waals surface area contributed by atoms with Crippen molar-refractivity contribution in [1.82, 2.24) is 9.78 Å². The lowest BCUT2D eigenvalue weighted by Crippen LogP contribution is -2.25. The van der Waals surface area contributed by atoms with Gasteiger partial charge in [0.1, 0.15) is 0 Å². The molecule has 1 heterocycles. The molecular weight excluding hydrogens is 220 g/mol. The number of aryl methyl sites for hydroxylation is 2. The van der Waals surface area contributed by atoms with Crippen molar-refractivity contribution >= 4 is 11.6 Å². The summed E-state index contributed by atoms with van der Waals surface area (Å²) in [5.74, 6) is 0.730. The fraction of sp³-hybridized carbons (Fsp3) is 0.769. The zero-order valence-electron chi connectivity index (χ0n) is 10.9. The van der Waals surface area contributed by atoms with Crippen molar-refractivity contribution in [3.05, 3.63) is 17.5 Å². The van der Waals surface area contributed by atoms with Crippen LogP contribution in [0.2, 0.25) is 0 Å². The van der Waals surface area contributed by atoms with E-state index in [1.165, 1.54) is 5.69 Å². The smallest absolute Gasteiger partial charge is 0.0596 e. The van der Waals surface area contributed by atoms with Crippen molar-refractivity contribution < 1.29 is 0 Å². The summed E-state index contributed by atoms with van der Waals surface area (Å²) in [6.45, 7) is 9.58. The number of hydrogen-bond donors (Lipinski definition) is 0. The van der Waals surface area contributed by atoms with Crippen molar-refractivity contribution in [3.8, 4) is 0 Å². The van der Waals surface area contributed by atoms with Crippen LogP contribution in [0.15, 0.2) is 6.07 Å². The van der Waals surface area contributed by atoms with Crippen LogP contribution in [0.3, 0.4) is 0 Å². The van der Waals surface area contributed by atoms with Crippen molar-refractivity contribution in [2.24, 2.45) is 5.41 Å². The highest BCUT2D eigenvalue weighted by molar-refractivity contribution is 6.18.